The van der Waals surface area contributed by atoms with Gasteiger partial charge in [-0.3, -0.25) is 9.69 Å². The smallest absolute Gasteiger partial charge is 0.227 e. The molecule has 2 aliphatic heterocycles. The summed E-state index contributed by atoms with van der Waals surface area (Å²) in [4.78, 5) is 19.3. The number of aromatic nitrogens is 2. The van der Waals surface area contributed by atoms with Gasteiger partial charge in [-0.1, -0.05) is 35.5 Å². The molecule has 3 atom stereocenters. The molecular weight excluding hydrogens is 356 g/mol. The number of nitrogens with zero attached hydrogens (tertiary/aromatic N) is 3. The van der Waals surface area contributed by atoms with Crippen LogP contribution in [0.4, 0.5) is 0 Å². The Morgan fingerprint density at radius 1 is 1.21 bits per heavy atom. The summed E-state index contributed by atoms with van der Waals surface area (Å²) in [6, 6.07) is 10.4. The second-order valence-electron chi connectivity index (χ2n) is 8.19. The first kappa shape index (κ1) is 17.8. The van der Waals surface area contributed by atoms with Crippen LogP contribution in [0.1, 0.15) is 31.6 Å². The molecule has 7 nitrogen and oxygen atoms in total. The van der Waals surface area contributed by atoms with Crippen molar-refractivity contribution in [2.45, 2.75) is 50.3 Å². The summed E-state index contributed by atoms with van der Waals surface area (Å²) in [5.74, 6) is 1.88. The Hall–Kier alpha value is -2.25. The average molecular weight is 382 g/mol. The van der Waals surface area contributed by atoms with E-state index in [4.69, 9.17) is 9.26 Å². The number of hydrogen-bond donors (Lipinski definition) is 1. The van der Waals surface area contributed by atoms with Crippen molar-refractivity contribution < 1.29 is 14.1 Å². The van der Waals surface area contributed by atoms with Gasteiger partial charge in [0.2, 0.25) is 17.6 Å². The van der Waals surface area contributed by atoms with Crippen molar-refractivity contribution in [2.24, 2.45) is 5.92 Å². The van der Waals surface area contributed by atoms with Crippen LogP contribution < -0.4 is 5.32 Å². The molecule has 3 heterocycles. The van der Waals surface area contributed by atoms with Crippen LogP contribution in [0, 0.1) is 5.92 Å². The molecule has 2 saturated heterocycles. The van der Waals surface area contributed by atoms with Gasteiger partial charge >= 0.3 is 0 Å². The number of nitrogens with one attached hydrogen (secondary N) is 1. The zero-order valence-corrected chi connectivity index (χ0v) is 15.9. The summed E-state index contributed by atoms with van der Waals surface area (Å²) >= 11 is 0. The Morgan fingerprint density at radius 2 is 2.07 bits per heavy atom. The van der Waals surface area contributed by atoms with Crippen molar-refractivity contribution in [3.8, 4) is 11.4 Å². The fourth-order valence-corrected chi connectivity index (χ4v) is 4.34. The minimum absolute atomic E-state index is 0.0453. The molecule has 1 aliphatic carbocycles. The summed E-state index contributed by atoms with van der Waals surface area (Å²) in [6.07, 6.45) is 4.82. The fourth-order valence-electron chi connectivity index (χ4n) is 4.34. The number of aryl methyl sites for hydroxylation is 1. The van der Waals surface area contributed by atoms with Crippen LogP contribution in [0.25, 0.3) is 11.4 Å². The zero-order valence-electron chi connectivity index (χ0n) is 15.9. The molecular formula is C21H26N4O3. The molecule has 0 spiro atoms. The zero-order chi connectivity index (χ0) is 18.9. The molecule has 0 unspecified atom stereocenters. The second kappa shape index (κ2) is 7.64. The van der Waals surface area contributed by atoms with Crippen molar-refractivity contribution in [2.75, 3.05) is 19.7 Å². The van der Waals surface area contributed by atoms with Crippen LogP contribution in [0.15, 0.2) is 34.9 Å². The normalized spacial score (nSPS) is 27.5. The number of hydrogen-bond acceptors (Lipinski definition) is 6. The van der Waals surface area contributed by atoms with Gasteiger partial charge in [0.15, 0.2) is 0 Å². The third kappa shape index (κ3) is 3.95. The third-order valence-corrected chi connectivity index (χ3v) is 6.02. The lowest BCUT2D eigenvalue weighted by Crippen LogP contribution is -2.47. The number of carbonyl (C=O) groups is 1. The van der Waals surface area contributed by atoms with E-state index in [-0.39, 0.29) is 11.9 Å². The molecule has 5 rings (SSSR count). The first-order valence-corrected chi connectivity index (χ1v) is 10.3. The molecule has 7 heteroatoms. The van der Waals surface area contributed by atoms with Gasteiger partial charge in [0, 0.05) is 43.6 Å². The molecule has 2 aromatic rings. The van der Waals surface area contributed by atoms with Gasteiger partial charge < -0.3 is 14.6 Å². The number of morpholine rings is 1. The summed E-state index contributed by atoms with van der Waals surface area (Å²) < 4.78 is 11.3. The van der Waals surface area contributed by atoms with E-state index in [2.05, 4.69) is 20.4 Å². The molecule has 1 saturated carbocycles. The number of amides is 1. The van der Waals surface area contributed by atoms with E-state index in [1.54, 1.807) is 0 Å². The lowest BCUT2D eigenvalue weighted by Gasteiger charge is -2.35. The molecule has 1 amide bonds. The highest BCUT2D eigenvalue weighted by atomic mass is 16.5. The molecule has 1 aromatic heterocycles. The Bertz CT molecular complexity index is 820. The van der Waals surface area contributed by atoms with Crippen LogP contribution in [-0.2, 0) is 16.0 Å². The van der Waals surface area contributed by atoms with E-state index < -0.39 is 0 Å². The summed E-state index contributed by atoms with van der Waals surface area (Å²) in [5.41, 5.74) is 0.913. The molecule has 3 fully saturated rings. The molecule has 1 aromatic carbocycles. The number of ether oxygens (including phenoxy) is 1. The molecule has 148 valence electrons. The van der Waals surface area contributed by atoms with E-state index in [0.29, 0.717) is 36.7 Å². The molecule has 1 N–H and O–H groups in total. The summed E-state index contributed by atoms with van der Waals surface area (Å²) in [5, 5.41) is 7.18. The first-order valence-electron chi connectivity index (χ1n) is 10.3. The lowest BCUT2D eigenvalue weighted by atomic mass is 10.1. The Kier molecular flexibility index (Phi) is 4.86. The van der Waals surface area contributed by atoms with Crippen LogP contribution >= 0.6 is 0 Å². The topological polar surface area (TPSA) is 80.5 Å². The van der Waals surface area contributed by atoms with E-state index in [0.717, 1.165) is 37.6 Å². The Labute approximate surface area is 164 Å². The minimum Gasteiger partial charge on any atom is -0.375 e. The Balaban J connectivity index is 1.09. The Morgan fingerprint density at radius 3 is 2.89 bits per heavy atom. The fraction of sp³-hybridized carbons (Fsp3) is 0.571. The maximum absolute atomic E-state index is 12.4. The van der Waals surface area contributed by atoms with E-state index >= 15 is 0 Å². The highest BCUT2D eigenvalue weighted by Crippen LogP contribution is 2.37. The monoisotopic (exact) mass is 382 g/mol. The van der Waals surface area contributed by atoms with Crippen molar-refractivity contribution >= 4 is 5.91 Å². The predicted molar refractivity (Wildman–Crippen MR) is 102 cm³/mol. The quantitative estimate of drug-likeness (QED) is 0.824. The van der Waals surface area contributed by atoms with Gasteiger partial charge in [-0.25, -0.2) is 0 Å². The van der Waals surface area contributed by atoms with Crippen LogP contribution in [0.3, 0.4) is 0 Å². The van der Waals surface area contributed by atoms with Gasteiger partial charge in [-0.05, 0) is 25.2 Å². The summed E-state index contributed by atoms with van der Waals surface area (Å²) in [6.45, 7) is 2.76. The highest BCUT2D eigenvalue weighted by molar-refractivity contribution is 5.76. The van der Waals surface area contributed by atoms with Gasteiger partial charge in [-0.2, -0.15) is 4.98 Å². The van der Waals surface area contributed by atoms with Crippen molar-refractivity contribution in [1.82, 2.24) is 20.4 Å². The SMILES string of the molecule is O=C(CCc1nc(-c2ccccc2)no1)N[C@H]1C[C@H]2CO[C@@H](C3CC3)CN2C1. The number of benzene rings is 1. The summed E-state index contributed by atoms with van der Waals surface area (Å²) in [7, 11) is 0. The molecule has 0 radical (unpaired) electrons. The number of fused-ring (bicyclic) bond motifs is 1. The highest BCUT2D eigenvalue weighted by Gasteiger charge is 2.42. The predicted octanol–water partition coefficient (Wildman–Crippen LogP) is 2.04. The maximum atomic E-state index is 12.4. The van der Waals surface area contributed by atoms with E-state index in [9.17, 15) is 4.79 Å². The van der Waals surface area contributed by atoms with Gasteiger partial charge in [0.05, 0.1) is 12.7 Å². The van der Waals surface area contributed by atoms with Gasteiger partial charge in [-0.15, -0.1) is 0 Å². The standard InChI is InChI=1S/C21H26N4O3/c26-19(8-9-20-23-21(24-28-20)15-4-2-1-3-5-15)22-16-10-17-13-27-18(14-6-7-14)12-25(17)11-16/h1-5,14,16-18H,6-13H2,(H,22,26)/t16-,17-,18+/m0/s1. The third-order valence-electron chi connectivity index (χ3n) is 6.02. The molecule has 28 heavy (non-hydrogen) atoms. The first-order chi connectivity index (χ1) is 13.7. The van der Waals surface area contributed by atoms with Crippen molar-refractivity contribution in [3.63, 3.8) is 0 Å². The molecule has 0 bridgehead atoms. The van der Waals surface area contributed by atoms with Gasteiger partial charge in [0.25, 0.3) is 0 Å². The minimum atomic E-state index is 0.0453. The molecule has 3 aliphatic rings. The second-order valence-corrected chi connectivity index (χ2v) is 8.19. The number of rotatable bonds is 6. The van der Waals surface area contributed by atoms with Crippen LogP contribution in [0.2, 0.25) is 0 Å². The average Bonchev–Trinajstić information content (AvgIpc) is 3.32. The van der Waals surface area contributed by atoms with E-state index in [1.807, 2.05) is 30.3 Å². The van der Waals surface area contributed by atoms with Crippen LogP contribution in [0.5, 0.6) is 0 Å². The largest absolute Gasteiger partial charge is 0.375 e. The van der Waals surface area contributed by atoms with Crippen molar-refractivity contribution in [3.05, 3.63) is 36.2 Å². The van der Waals surface area contributed by atoms with Crippen LogP contribution in [-0.4, -0.2) is 58.8 Å². The maximum Gasteiger partial charge on any atom is 0.227 e. The van der Waals surface area contributed by atoms with Crippen molar-refractivity contribution in [1.29, 1.82) is 0 Å². The van der Waals surface area contributed by atoms with Gasteiger partial charge in [0.1, 0.15) is 0 Å². The van der Waals surface area contributed by atoms with E-state index in [1.165, 1.54) is 12.8 Å². The number of carbonyl (C=O) groups excluding carboxylic acids is 1. The lowest BCUT2D eigenvalue weighted by molar-refractivity contribution is -0.121.